The van der Waals surface area contributed by atoms with Crippen molar-refractivity contribution in [2.75, 3.05) is 13.7 Å². The van der Waals surface area contributed by atoms with Crippen molar-refractivity contribution in [2.45, 2.75) is 183 Å². The van der Waals surface area contributed by atoms with Crippen molar-refractivity contribution >= 4 is 45.6 Å². The Hall–Kier alpha value is -4.86. The van der Waals surface area contributed by atoms with Crippen LogP contribution in [0.5, 0.6) is 0 Å². The molecule has 65 heavy (non-hydrogen) atoms. The molecule has 0 saturated heterocycles. The SMILES string of the molecule is CCC1c2nc(cc3[nH]c(cc4nc(c5c6[nH]c(cc6C(=O)C5C(=O)OC)c2C)C(CCC(=O)OC/C=C(\C)CCCC(C)CCCC(C)CCCC(C)C)C4C)c(C)c3C(C)=O)C1C. The van der Waals surface area contributed by atoms with Crippen LogP contribution in [-0.2, 0) is 19.1 Å². The zero-order chi connectivity index (χ0) is 47.3. The molecular formula is C55H76N4O6. The molecule has 7 unspecified atom stereocenters. The number of ether oxygens (including phenoxy) is 2. The van der Waals surface area contributed by atoms with Crippen LogP contribution in [-0.4, -0.2) is 57.2 Å². The largest absolute Gasteiger partial charge is 0.468 e. The number of H-pyrrole nitrogens is 2. The van der Waals surface area contributed by atoms with Crippen molar-refractivity contribution in [3.63, 3.8) is 0 Å². The minimum absolute atomic E-state index is 0.0526. The number of aryl methyl sites for hydroxylation is 2. The van der Waals surface area contributed by atoms with Gasteiger partial charge in [0.1, 0.15) is 12.5 Å². The normalized spacial score (nSPS) is 20.4. The molecule has 0 radical (unpaired) electrons. The first kappa shape index (κ1) is 49.6. The zero-order valence-corrected chi connectivity index (χ0v) is 41.5. The Bertz CT molecular complexity index is 2450. The summed E-state index contributed by atoms with van der Waals surface area (Å²) in [5, 5.41) is 0. The second kappa shape index (κ2) is 21.6. The number of nitrogens with one attached hydrogen (secondary N) is 2. The van der Waals surface area contributed by atoms with Crippen LogP contribution in [0.1, 0.15) is 229 Å². The summed E-state index contributed by atoms with van der Waals surface area (Å²) in [5.41, 5.74) is 10.3. The van der Waals surface area contributed by atoms with Crippen LogP contribution in [0.2, 0.25) is 0 Å². The van der Waals surface area contributed by atoms with Crippen LogP contribution in [0.25, 0.3) is 22.1 Å². The van der Waals surface area contributed by atoms with Gasteiger partial charge in [-0.05, 0) is 107 Å². The molecule has 10 nitrogen and oxygen atoms in total. The van der Waals surface area contributed by atoms with Gasteiger partial charge in [-0.1, -0.05) is 99.0 Å². The molecule has 3 aromatic rings. The number of nitrogens with zero attached hydrogens (tertiary/aromatic N) is 2. The molecule has 0 saturated carbocycles. The predicted octanol–water partition coefficient (Wildman–Crippen LogP) is 13.5. The van der Waals surface area contributed by atoms with Gasteiger partial charge in [-0.3, -0.25) is 29.1 Å². The quantitative estimate of drug-likeness (QED) is 0.0494. The fourth-order valence-corrected chi connectivity index (χ4v) is 10.7. The fourth-order valence-electron chi connectivity index (χ4n) is 10.7. The smallest absolute Gasteiger partial charge is 0.321 e. The van der Waals surface area contributed by atoms with Crippen molar-refractivity contribution in [2.24, 2.45) is 17.8 Å². The van der Waals surface area contributed by atoms with E-state index in [1.54, 1.807) is 6.92 Å². The van der Waals surface area contributed by atoms with Crippen LogP contribution in [0.4, 0.5) is 0 Å². The number of aromatic nitrogens is 4. The standard InChI is InChI=1S/C55H76N4O6/c1-13-39-34(7)44-29-46-48(38(11)60)36(9)45(56-46)28-43-35(8)40(52(59-43)49-50(55(63)64-12)54(62)41-27-42(58-53(41)49)37(10)51(39)57-44)23-24-47(61)65-26-25-33(6)22-16-21-32(5)20-15-19-31(4)18-14-17-30(2)3/h25,27-32,34-35,39-40,50,56,58H,13-24,26H2,1-12H3/b33-25+,42-37?,43-28?,44-29?,45-28?,46-29?,51-37?,52-49?. The summed E-state index contributed by atoms with van der Waals surface area (Å²) in [5.74, 6) is -0.585. The van der Waals surface area contributed by atoms with E-state index in [9.17, 15) is 19.2 Å². The van der Waals surface area contributed by atoms with Gasteiger partial charge in [0, 0.05) is 74.9 Å². The lowest BCUT2D eigenvalue weighted by molar-refractivity contribution is -0.143. The Morgan fingerprint density at radius 2 is 1.37 bits per heavy atom. The van der Waals surface area contributed by atoms with E-state index in [4.69, 9.17) is 19.4 Å². The molecule has 10 heteroatoms. The number of esters is 2. The van der Waals surface area contributed by atoms with Gasteiger partial charge < -0.3 is 19.4 Å². The summed E-state index contributed by atoms with van der Waals surface area (Å²) in [6, 6.07) is 5.81. The van der Waals surface area contributed by atoms with E-state index in [0.29, 0.717) is 45.8 Å². The number of fused-ring (bicyclic) bond motifs is 8. The first-order valence-electron chi connectivity index (χ1n) is 24.7. The maximum atomic E-state index is 14.3. The first-order chi connectivity index (χ1) is 30.9. The third kappa shape index (κ3) is 11.1. The average molecular weight is 889 g/mol. The maximum Gasteiger partial charge on any atom is 0.321 e. The van der Waals surface area contributed by atoms with Gasteiger partial charge in [0.2, 0.25) is 0 Å². The lowest BCUT2D eigenvalue weighted by Gasteiger charge is -2.18. The number of hydrogen-bond acceptors (Lipinski definition) is 8. The molecule has 1 aliphatic carbocycles. The Kier molecular flexibility index (Phi) is 16.5. The van der Waals surface area contributed by atoms with Crippen molar-refractivity contribution in [3.8, 4) is 0 Å². The van der Waals surface area contributed by atoms with Gasteiger partial charge in [0.25, 0.3) is 0 Å². The molecule has 5 heterocycles. The van der Waals surface area contributed by atoms with Gasteiger partial charge in [0.15, 0.2) is 11.6 Å². The molecule has 2 aliphatic heterocycles. The van der Waals surface area contributed by atoms with Crippen LogP contribution in [0, 0.1) is 31.6 Å². The second-order valence-electron chi connectivity index (χ2n) is 20.3. The van der Waals surface area contributed by atoms with E-state index in [-0.39, 0.29) is 54.2 Å². The summed E-state index contributed by atoms with van der Waals surface area (Å²) in [6.07, 6.45) is 14.6. The minimum atomic E-state index is -1.21. The molecule has 0 spiro atoms. The van der Waals surface area contributed by atoms with Crippen LogP contribution in [0.3, 0.4) is 0 Å². The zero-order valence-electron chi connectivity index (χ0n) is 41.5. The van der Waals surface area contributed by atoms with Crippen molar-refractivity contribution in [3.05, 3.63) is 80.4 Å². The number of aromatic amines is 2. The van der Waals surface area contributed by atoms with Crippen LogP contribution < -0.4 is 0 Å². The third-order valence-electron chi connectivity index (χ3n) is 14.9. The summed E-state index contributed by atoms with van der Waals surface area (Å²) in [4.78, 5) is 72.0. The van der Waals surface area contributed by atoms with Gasteiger partial charge in [-0.2, -0.15) is 0 Å². The molecular weight excluding hydrogens is 813 g/mol. The first-order valence-corrected chi connectivity index (χ1v) is 24.7. The number of allylic oxidation sites excluding steroid dienone is 1. The lowest BCUT2D eigenvalue weighted by atomic mass is 9.84. The summed E-state index contributed by atoms with van der Waals surface area (Å²) < 4.78 is 11.0. The summed E-state index contributed by atoms with van der Waals surface area (Å²) in [6.45, 7) is 23.6. The Morgan fingerprint density at radius 3 is 2.00 bits per heavy atom. The highest BCUT2D eigenvalue weighted by molar-refractivity contribution is 6.22. The summed E-state index contributed by atoms with van der Waals surface area (Å²) >= 11 is 0. The van der Waals surface area contributed by atoms with E-state index in [1.807, 2.05) is 38.1 Å². The third-order valence-corrected chi connectivity index (χ3v) is 14.9. The lowest BCUT2D eigenvalue weighted by Crippen LogP contribution is -2.21. The van der Waals surface area contributed by atoms with Crippen LogP contribution in [0.15, 0.2) is 29.8 Å². The number of rotatable bonds is 20. The number of carbonyl (C=O) groups excluding carboxylic acids is 4. The van der Waals surface area contributed by atoms with Crippen molar-refractivity contribution < 1.29 is 28.7 Å². The van der Waals surface area contributed by atoms with Gasteiger partial charge in [-0.25, -0.2) is 0 Å². The maximum absolute atomic E-state index is 14.3. The summed E-state index contributed by atoms with van der Waals surface area (Å²) in [7, 11) is 1.29. The van der Waals surface area contributed by atoms with Gasteiger partial charge >= 0.3 is 11.9 Å². The molecule has 3 aromatic heterocycles. The highest BCUT2D eigenvalue weighted by Gasteiger charge is 2.45. The molecule has 2 N–H and O–H groups in total. The Morgan fingerprint density at radius 1 is 0.769 bits per heavy atom. The van der Waals surface area contributed by atoms with Crippen molar-refractivity contribution in [1.82, 2.24) is 19.9 Å². The number of methoxy groups -OCH3 is 1. The van der Waals surface area contributed by atoms with Gasteiger partial charge in [-0.15, -0.1) is 0 Å². The molecule has 0 aromatic carbocycles. The Labute approximate surface area is 387 Å². The topological polar surface area (TPSA) is 144 Å². The molecule has 0 amide bonds. The molecule has 3 aliphatic rings. The van der Waals surface area contributed by atoms with E-state index in [1.165, 1.54) is 57.6 Å². The average Bonchev–Trinajstić information content (AvgIpc) is 4.04. The van der Waals surface area contributed by atoms with E-state index in [2.05, 4.69) is 65.4 Å². The molecule has 7 atom stereocenters. The van der Waals surface area contributed by atoms with Crippen molar-refractivity contribution in [1.29, 1.82) is 0 Å². The highest BCUT2D eigenvalue weighted by atomic mass is 16.5. The number of hydrogen-bond donors (Lipinski definition) is 2. The monoisotopic (exact) mass is 889 g/mol. The van der Waals surface area contributed by atoms with E-state index in [0.717, 1.165) is 70.3 Å². The second-order valence-corrected chi connectivity index (χ2v) is 20.3. The van der Waals surface area contributed by atoms with E-state index < -0.39 is 11.9 Å². The number of carbonyl (C=O) groups is 4. The fraction of sp³-hybridized carbons (Fsp3) is 0.600. The molecule has 0 fully saturated rings. The molecule has 6 rings (SSSR count). The number of ketones is 2. The highest BCUT2D eigenvalue weighted by Crippen LogP contribution is 2.48. The Balaban J connectivity index is 1.25. The van der Waals surface area contributed by atoms with Gasteiger partial charge in [0.05, 0.1) is 23.8 Å². The number of Topliss-reactive ketones (excluding diaryl/α,β-unsaturated/α-hetero) is 2. The molecule has 352 valence electrons. The predicted molar refractivity (Wildman–Crippen MR) is 261 cm³/mol. The van der Waals surface area contributed by atoms with Crippen LogP contribution >= 0.6 is 0 Å². The van der Waals surface area contributed by atoms with E-state index >= 15 is 0 Å². The minimum Gasteiger partial charge on any atom is -0.468 e. The molecule has 8 bridgehead atoms.